The number of halogens is 2. The largest absolute Gasteiger partial charge is 0.396 e. The third-order valence-electron chi connectivity index (χ3n) is 5.94. The molecule has 4 nitrogen and oxygen atoms in total. The number of azo groups is 1. The van der Waals surface area contributed by atoms with Crippen molar-refractivity contribution in [3.63, 3.8) is 0 Å². The summed E-state index contributed by atoms with van der Waals surface area (Å²) in [4.78, 5) is 2.04. The average molecular weight is 573 g/mol. The highest BCUT2D eigenvalue weighted by molar-refractivity contribution is 8.09. The smallest absolute Gasteiger partial charge is 0.170 e. The van der Waals surface area contributed by atoms with E-state index in [9.17, 15) is 5.26 Å². The normalized spacial score (nSPS) is 13.1. The van der Waals surface area contributed by atoms with Gasteiger partial charge in [0.15, 0.2) is 11.6 Å². The molecular formula is C31H42F2N4S2. The lowest BCUT2D eigenvalue weighted by molar-refractivity contribution is 0.468. The number of nitrogen functional groups attached to an aromatic ring is 1. The summed E-state index contributed by atoms with van der Waals surface area (Å²) in [5, 5.41) is 18.5. The SMILES string of the molecule is C=C/C(CCCCC)=C(\SC(C)(C)C)c1sc(-c2c(N)c(N=NCCC)c(C(C)(C)C)c(F)c2F)cc1C#N. The van der Waals surface area contributed by atoms with Gasteiger partial charge in [0.25, 0.3) is 0 Å². The van der Waals surface area contributed by atoms with Gasteiger partial charge in [0.05, 0.1) is 28.2 Å². The lowest BCUT2D eigenvalue weighted by Gasteiger charge is -2.24. The van der Waals surface area contributed by atoms with E-state index in [0.717, 1.165) is 42.6 Å². The Morgan fingerprint density at radius 1 is 1.13 bits per heavy atom. The van der Waals surface area contributed by atoms with Crippen LogP contribution in [0.1, 0.15) is 103 Å². The van der Waals surface area contributed by atoms with Gasteiger partial charge in [0.1, 0.15) is 11.8 Å². The third-order valence-corrected chi connectivity index (χ3v) is 8.52. The molecule has 8 heteroatoms. The van der Waals surface area contributed by atoms with Gasteiger partial charge in [-0.1, -0.05) is 80.9 Å². The molecule has 0 radical (unpaired) electrons. The van der Waals surface area contributed by atoms with Gasteiger partial charge in [-0.2, -0.15) is 15.5 Å². The van der Waals surface area contributed by atoms with Gasteiger partial charge in [0, 0.05) is 20.1 Å². The maximum absolute atomic E-state index is 15.8. The van der Waals surface area contributed by atoms with E-state index in [-0.39, 0.29) is 27.2 Å². The van der Waals surface area contributed by atoms with Crippen LogP contribution >= 0.6 is 23.1 Å². The van der Waals surface area contributed by atoms with Crippen LogP contribution < -0.4 is 5.73 Å². The van der Waals surface area contributed by atoms with Gasteiger partial charge in [0.2, 0.25) is 0 Å². The summed E-state index contributed by atoms with van der Waals surface area (Å²) in [6.45, 7) is 20.3. The van der Waals surface area contributed by atoms with Crippen LogP contribution in [-0.2, 0) is 5.41 Å². The van der Waals surface area contributed by atoms with E-state index in [0.29, 0.717) is 21.9 Å². The van der Waals surface area contributed by atoms with Crippen molar-refractivity contribution < 1.29 is 8.78 Å². The second-order valence-corrected chi connectivity index (χ2v) is 14.4. The summed E-state index contributed by atoms with van der Waals surface area (Å²) >= 11 is 2.90. The molecule has 0 bridgehead atoms. The van der Waals surface area contributed by atoms with Crippen LogP contribution in [0.25, 0.3) is 15.3 Å². The second kappa shape index (κ2) is 13.7. The summed E-state index contributed by atoms with van der Waals surface area (Å²) in [6, 6.07) is 3.88. The van der Waals surface area contributed by atoms with Crippen LogP contribution in [0.5, 0.6) is 0 Å². The molecule has 0 atom stereocenters. The monoisotopic (exact) mass is 572 g/mol. The highest BCUT2D eigenvalue weighted by Gasteiger charge is 2.32. The number of nitrogens with two attached hydrogens (primary N) is 1. The Morgan fingerprint density at radius 3 is 2.31 bits per heavy atom. The van der Waals surface area contributed by atoms with Crippen LogP contribution in [0.4, 0.5) is 20.2 Å². The fourth-order valence-corrected chi connectivity index (χ4v) is 6.67. The van der Waals surface area contributed by atoms with E-state index < -0.39 is 17.0 Å². The first-order chi connectivity index (χ1) is 18.2. The maximum Gasteiger partial charge on any atom is 0.170 e. The number of unbranched alkanes of at least 4 members (excludes halogenated alkanes) is 2. The summed E-state index contributed by atoms with van der Waals surface area (Å²) in [6.07, 6.45) is 6.60. The van der Waals surface area contributed by atoms with Crippen molar-refractivity contribution in [2.24, 2.45) is 10.2 Å². The Hall–Kier alpha value is -2.50. The molecule has 2 rings (SSSR count). The molecule has 1 heterocycles. The fourth-order valence-electron chi connectivity index (χ4n) is 4.15. The number of allylic oxidation sites excluding steroid dienone is 2. The van der Waals surface area contributed by atoms with Gasteiger partial charge in [-0.05, 0) is 36.3 Å². The van der Waals surface area contributed by atoms with Crippen molar-refractivity contribution in [1.82, 2.24) is 0 Å². The van der Waals surface area contributed by atoms with Crippen molar-refractivity contribution in [3.05, 3.63) is 51.9 Å². The molecule has 0 saturated carbocycles. The number of hydrogen-bond donors (Lipinski definition) is 1. The standard InChI is InChI=1S/C31H42F2N4S2/c1-10-13-14-15-19(12-3)29(39-31(7,8)9)28-20(18-34)17-21(38-28)22-24(32)25(33)23(30(4,5)6)27(26(22)35)37-36-16-11-2/h12,17H,3,10-11,13-16,35H2,1-2,4-9H3/b29-19+,37-36?. The molecule has 39 heavy (non-hydrogen) atoms. The number of nitrogens with zero attached hydrogens (tertiary/aromatic N) is 3. The molecule has 0 fully saturated rings. The van der Waals surface area contributed by atoms with Crippen molar-refractivity contribution in [2.75, 3.05) is 12.3 Å². The van der Waals surface area contributed by atoms with Crippen molar-refractivity contribution in [2.45, 2.75) is 97.7 Å². The Kier molecular flexibility index (Phi) is 11.5. The van der Waals surface area contributed by atoms with Crippen LogP contribution in [0.3, 0.4) is 0 Å². The van der Waals surface area contributed by atoms with Crippen molar-refractivity contribution in [1.29, 1.82) is 5.26 Å². The molecule has 1 aromatic heterocycles. The predicted molar refractivity (Wildman–Crippen MR) is 166 cm³/mol. The Balaban J connectivity index is 2.90. The van der Waals surface area contributed by atoms with Gasteiger partial charge >= 0.3 is 0 Å². The quantitative estimate of drug-likeness (QED) is 0.126. The number of benzene rings is 1. The van der Waals surface area contributed by atoms with E-state index >= 15 is 8.78 Å². The first-order valence-corrected chi connectivity index (χ1v) is 15.1. The zero-order valence-corrected chi connectivity index (χ0v) is 26.2. The average Bonchev–Trinajstić information content (AvgIpc) is 3.26. The second-order valence-electron chi connectivity index (χ2n) is 11.6. The van der Waals surface area contributed by atoms with Gasteiger partial charge in [-0.25, -0.2) is 8.78 Å². The van der Waals surface area contributed by atoms with Gasteiger partial charge in [-0.15, -0.1) is 23.1 Å². The highest BCUT2D eigenvalue weighted by atomic mass is 32.2. The lowest BCUT2D eigenvalue weighted by atomic mass is 9.83. The molecule has 0 amide bonds. The van der Waals surface area contributed by atoms with Crippen molar-refractivity contribution >= 4 is 39.4 Å². The minimum atomic E-state index is -1.04. The Bertz CT molecular complexity index is 1290. The molecule has 1 aromatic carbocycles. The molecule has 0 aliphatic rings. The Morgan fingerprint density at radius 2 is 1.79 bits per heavy atom. The van der Waals surface area contributed by atoms with E-state index in [4.69, 9.17) is 5.73 Å². The minimum Gasteiger partial charge on any atom is -0.396 e. The molecule has 0 aliphatic carbocycles. The zero-order chi connectivity index (χ0) is 29.5. The fraction of sp³-hybridized carbons (Fsp3) is 0.516. The van der Waals surface area contributed by atoms with E-state index in [1.54, 1.807) is 38.6 Å². The Labute approximate surface area is 241 Å². The molecule has 0 aliphatic heterocycles. The number of anilines is 1. The summed E-state index contributed by atoms with van der Waals surface area (Å²) in [7, 11) is 0. The first kappa shape index (κ1) is 32.7. The van der Waals surface area contributed by atoms with Gasteiger partial charge in [-0.3, -0.25) is 0 Å². The van der Waals surface area contributed by atoms with Gasteiger partial charge < -0.3 is 5.73 Å². The maximum atomic E-state index is 15.8. The van der Waals surface area contributed by atoms with Crippen LogP contribution in [0, 0.1) is 23.0 Å². The predicted octanol–water partition coefficient (Wildman–Crippen LogP) is 10.9. The van der Waals surface area contributed by atoms with Crippen LogP contribution in [0.2, 0.25) is 0 Å². The molecule has 0 spiro atoms. The van der Waals surface area contributed by atoms with Crippen molar-refractivity contribution in [3.8, 4) is 16.5 Å². The summed E-state index contributed by atoms with van der Waals surface area (Å²) in [5.74, 6) is -2.03. The summed E-state index contributed by atoms with van der Waals surface area (Å²) in [5.41, 5.74) is 7.40. The molecule has 212 valence electrons. The lowest BCUT2D eigenvalue weighted by Crippen LogP contribution is -2.17. The number of nitriles is 1. The molecular weight excluding hydrogens is 530 g/mol. The number of rotatable bonds is 11. The number of hydrogen-bond acceptors (Lipinski definition) is 6. The number of thiophene rings is 1. The van der Waals surface area contributed by atoms with Crippen LogP contribution in [0.15, 0.2) is 34.5 Å². The van der Waals surface area contributed by atoms with E-state index in [1.165, 1.54) is 11.3 Å². The topological polar surface area (TPSA) is 74.5 Å². The molecule has 0 unspecified atom stereocenters. The van der Waals surface area contributed by atoms with E-state index in [2.05, 4.69) is 50.6 Å². The molecule has 2 aromatic rings. The summed E-state index contributed by atoms with van der Waals surface area (Å²) < 4.78 is 31.4. The van der Waals surface area contributed by atoms with Crippen LogP contribution in [-0.4, -0.2) is 11.3 Å². The molecule has 0 saturated heterocycles. The highest BCUT2D eigenvalue weighted by Crippen LogP contribution is 2.50. The molecule has 2 N–H and O–H groups in total. The minimum absolute atomic E-state index is 0.0249. The third kappa shape index (κ3) is 8.02. The van der Waals surface area contributed by atoms with E-state index in [1.807, 2.05) is 13.0 Å². The zero-order valence-electron chi connectivity index (χ0n) is 24.6. The number of thioether (sulfide) groups is 1. The first-order valence-electron chi connectivity index (χ1n) is 13.5.